The van der Waals surface area contributed by atoms with Crippen molar-refractivity contribution in [2.24, 2.45) is 0 Å². The minimum atomic E-state index is -3.43. The van der Waals surface area contributed by atoms with Crippen molar-refractivity contribution in [2.75, 3.05) is 32.8 Å². The first-order valence-electron chi connectivity index (χ1n) is 6.14. The van der Waals surface area contributed by atoms with Gasteiger partial charge in [0.2, 0.25) is 9.84 Å². The first-order valence-corrected chi connectivity index (χ1v) is 8.00. The summed E-state index contributed by atoms with van der Waals surface area (Å²) >= 11 is 6.26. The number of halogens is 1. The summed E-state index contributed by atoms with van der Waals surface area (Å²) in [4.78, 5) is 2.70. The molecule has 102 valence electrons. The highest BCUT2D eigenvalue weighted by Crippen LogP contribution is 2.41. The van der Waals surface area contributed by atoms with Crippen LogP contribution in [0.3, 0.4) is 0 Å². The zero-order valence-electron chi connectivity index (χ0n) is 10.3. The lowest BCUT2D eigenvalue weighted by Gasteiger charge is -2.26. The minimum Gasteiger partial charge on any atom is -0.379 e. The molecule has 0 spiro atoms. The average Bonchev–Trinajstić information content (AvgIpc) is 2.62. The van der Waals surface area contributed by atoms with Gasteiger partial charge in [0, 0.05) is 25.2 Å². The molecule has 0 unspecified atom stereocenters. The van der Waals surface area contributed by atoms with Crippen LogP contribution >= 0.6 is 11.6 Å². The molecule has 0 aliphatic carbocycles. The molecule has 1 aromatic carbocycles. The Morgan fingerprint density at radius 2 is 1.89 bits per heavy atom. The molecule has 1 saturated heterocycles. The van der Waals surface area contributed by atoms with Crippen molar-refractivity contribution < 1.29 is 13.2 Å². The molecule has 1 aromatic rings. The second-order valence-corrected chi connectivity index (χ2v) is 6.94. The van der Waals surface area contributed by atoms with Gasteiger partial charge in [-0.3, -0.25) is 4.90 Å². The lowest BCUT2D eigenvalue weighted by atomic mass is 10.2. The molecule has 2 heterocycles. The number of benzene rings is 1. The molecular weight excluding hydrogens is 286 g/mol. The number of sulfone groups is 1. The minimum absolute atomic E-state index is 0.317. The molecule has 0 aromatic heterocycles. The Balaban J connectivity index is 1.96. The third-order valence-electron chi connectivity index (χ3n) is 3.45. The fourth-order valence-corrected chi connectivity index (χ4v) is 4.67. The van der Waals surface area contributed by atoms with E-state index in [0.717, 1.165) is 13.1 Å². The fraction of sp³-hybridized carbons (Fsp3) is 0.385. The molecule has 0 bridgehead atoms. The summed E-state index contributed by atoms with van der Waals surface area (Å²) in [5.74, 6) is 0. The highest BCUT2D eigenvalue weighted by Gasteiger charge is 2.35. The molecule has 0 saturated carbocycles. The molecule has 19 heavy (non-hydrogen) atoms. The average molecular weight is 300 g/mol. The van der Waals surface area contributed by atoms with Crippen molar-refractivity contribution in [1.82, 2.24) is 4.90 Å². The number of nitrogens with zero attached hydrogens (tertiary/aromatic N) is 1. The van der Waals surface area contributed by atoms with Crippen LogP contribution in [0.2, 0.25) is 0 Å². The van der Waals surface area contributed by atoms with Gasteiger partial charge in [0.25, 0.3) is 0 Å². The van der Waals surface area contributed by atoms with E-state index >= 15 is 0 Å². The summed E-state index contributed by atoms with van der Waals surface area (Å²) in [6, 6.07) is 6.88. The van der Waals surface area contributed by atoms with Gasteiger partial charge in [-0.2, -0.15) is 0 Å². The van der Waals surface area contributed by atoms with Crippen molar-refractivity contribution in [3.8, 4) is 0 Å². The lowest BCUT2D eigenvalue weighted by Crippen LogP contribution is -2.38. The van der Waals surface area contributed by atoms with Crippen LogP contribution in [0.4, 0.5) is 0 Å². The Kier molecular flexibility index (Phi) is 3.39. The van der Waals surface area contributed by atoms with Crippen molar-refractivity contribution >= 4 is 26.5 Å². The van der Waals surface area contributed by atoms with Crippen molar-refractivity contribution in [3.05, 3.63) is 34.7 Å². The third kappa shape index (κ3) is 2.21. The second kappa shape index (κ2) is 4.90. The van der Waals surface area contributed by atoms with Crippen LogP contribution in [0, 0.1) is 0 Å². The monoisotopic (exact) mass is 299 g/mol. The smallest absolute Gasteiger partial charge is 0.206 e. The van der Waals surface area contributed by atoms with E-state index < -0.39 is 9.84 Å². The standard InChI is InChI=1S/C13H14ClNO3S/c14-13-10-3-1-2-4-11(10)19(16,17)12(13)9-15-5-7-18-8-6-15/h1-4H,5-9H2. The van der Waals surface area contributed by atoms with Crippen LogP contribution in [0.1, 0.15) is 5.56 Å². The summed E-state index contributed by atoms with van der Waals surface area (Å²) in [6.07, 6.45) is 0. The van der Waals surface area contributed by atoms with Gasteiger partial charge in [0.15, 0.2) is 0 Å². The van der Waals surface area contributed by atoms with E-state index in [4.69, 9.17) is 16.3 Å². The normalized spacial score (nSPS) is 22.6. The van der Waals surface area contributed by atoms with E-state index in [2.05, 4.69) is 4.90 Å². The van der Waals surface area contributed by atoms with Crippen molar-refractivity contribution in [3.63, 3.8) is 0 Å². The topological polar surface area (TPSA) is 46.6 Å². The quantitative estimate of drug-likeness (QED) is 0.834. The number of hydrogen-bond acceptors (Lipinski definition) is 4. The molecule has 2 aliphatic rings. The first kappa shape index (κ1) is 13.1. The Morgan fingerprint density at radius 3 is 2.58 bits per heavy atom. The van der Waals surface area contributed by atoms with Crippen LogP contribution in [0.25, 0.3) is 5.03 Å². The summed E-state index contributed by atoms with van der Waals surface area (Å²) in [5.41, 5.74) is 0.618. The molecule has 0 amide bonds. The number of morpholine rings is 1. The Hall–Kier alpha value is -0.880. The van der Waals surface area contributed by atoms with Crippen LogP contribution in [-0.2, 0) is 14.6 Å². The van der Waals surface area contributed by atoms with Crippen LogP contribution < -0.4 is 0 Å². The zero-order valence-corrected chi connectivity index (χ0v) is 11.9. The Morgan fingerprint density at radius 1 is 1.21 bits per heavy atom. The largest absolute Gasteiger partial charge is 0.379 e. The van der Waals surface area contributed by atoms with E-state index in [1.165, 1.54) is 0 Å². The van der Waals surface area contributed by atoms with Crippen LogP contribution in [0.15, 0.2) is 34.1 Å². The zero-order chi connectivity index (χ0) is 13.5. The fourth-order valence-electron chi connectivity index (χ4n) is 2.40. The van der Waals surface area contributed by atoms with Gasteiger partial charge in [-0.15, -0.1) is 0 Å². The molecule has 0 atom stereocenters. The number of rotatable bonds is 2. The SMILES string of the molecule is O=S1(=O)C(CN2CCOCC2)=C(Cl)c2ccccc21. The van der Waals surface area contributed by atoms with E-state index in [1.54, 1.807) is 24.3 Å². The molecule has 1 fully saturated rings. The molecule has 6 heteroatoms. The maximum atomic E-state index is 12.5. The molecule has 0 radical (unpaired) electrons. The summed E-state index contributed by atoms with van der Waals surface area (Å²) in [5, 5.41) is 0.363. The van der Waals surface area contributed by atoms with E-state index in [1.807, 2.05) is 0 Å². The predicted octanol–water partition coefficient (Wildman–Crippen LogP) is 1.71. The van der Waals surface area contributed by atoms with Gasteiger partial charge in [-0.05, 0) is 6.07 Å². The second-order valence-electron chi connectivity index (χ2n) is 4.63. The summed E-state index contributed by atoms with van der Waals surface area (Å²) in [7, 11) is -3.43. The van der Waals surface area contributed by atoms with Gasteiger partial charge in [0.1, 0.15) is 0 Å². The van der Waals surface area contributed by atoms with Gasteiger partial charge in [-0.25, -0.2) is 8.42 Å². The maximum Gasteiger partial charge on any atom is 0.206 e. The van der Waals surface area contributed by atoms with Gasteiger partial charge in [-0.1, -0.05) is 29.8 Å². The number of hydrogen-bond donors (Lipinski definition) is 0. The summed E-state index contributed by atoms with van der Waals surface area (Å²) in [6.45, 7) is 3.11. The Bertz CT molecular complexity index is 633. The molecule has 4 nitrogen and oxygen atoms in total. The van der Waals surface area contributed by atoms with Crippen molar-refractivity contribution in [2.45, 2.75) is 4.90 Å². The molecule has 2 aliphatic heterocycles. The molecule has 3 rings (SSSR count). The molecular formula is C13H14ClNO3S. The van der Waals surface area contributed by atoms with Crippen LogP contribution in [-0.4, -0.2) is 46.2 Å². The van der Waals surface area contributed by atoms with Gasteiger partial charge >= 0.3 is 0 Å². The van der Waals surface area contributed by atoms with Crippen molar-refractivity contribution in [1.29, 1.82) is 0 Å². The number of ether oxygens (including phenoxy) is 1. The van der Waals surface area contributed by atoms with Crippen LogP contribution in [0.5, 0.6) is 0 Å². The van der Waals surface area contributed by atoms with Gasteiger partial charge in [0.05, 0.1) is 28.0 Å². The van der Waals surface area contributed by atoms with E-state index in [-0.39, 0.29) is 0 Å². The number of fused-ring (bicyclic) bond motifs is 1. The van der Waals surface area contributed by atoms with Gasteiger partial charge < -0.3 is 4.74 Å². The third-order valence-corrected chi connectivity index (χ3v) is 5.91. The highest BCUT2D eigenvalue weighted by molar-refractivity contribution is 7.96. The molecule has 0 N–H and O–H groups in total. The first-order chi connectivity index (χ1) is 9.10. The predicted molar refractivity (Wildman–Crippen MR) is 73.7 cm³/mol. The highest BCUT2D eigenvalue weighted by atomic mass is 35.5. The van der Waals surface area contributed by atoms with E-state index in [0.29, 0.717) is 40.2 Å². The Labute approximate surface area is 117 Å². The maximum absolute atomic E-state index is 12.5. The summed E-state index contributed by atoms with van der Waals surface area (Å²) < 4.78 is 30.2. The van der Waals surface area contributed by atoms with E-state index in [9.17, 15) is 8.42 Å². The lowest BCUT2D eigenvalue weighted by molar-refractivity contribution is 0.0430.